The first kappa shape index (κ1) is 19.7. The summed E-state index contributed by atoms with van der Waals surface area (Å²) in [5.41, 5.74) is 3.04. The van der Waals surface area contributed by atoms with Crippen LogP contribution in [0.25, 0.3) is 6.08 Å². The highest BCUT2D eigenvalue weighted by atomic mass is 79.9. The first-order valence-corrected chi connectivity index (χ1v) is 10.9. The van der Waals surface area contributed by atoms with Crippen molar-refractivity contribution in [3.05, 3.63) is 105 Å². The standard InChI is InChI=1S/C24H19BrN2OS/c25-20-13-11-19(12-14-20)17-22-23(28)27(16-15-18-7-3-1-4-8-18)24(29-22)26-21-9-5-2-6-10-21/h1-14,17H,15-16H2/b22-17+,26-24?. The summed E-state index contributed by atoms with van der Waals surface area (Å²) in [6.07, 6.45) is 2.72. The second kappa shape index (κ2) is 9.25. The number of aliphatic imine (C=N–C) groups is 1. The van der Waals surface area contributed by atoms with E-state index in [4.69, 9.17) is 4.99 Å². The molecule has 1 heterocycles. The summed E-state index contributed by atoms with van der Waals surface area (Å²) < 4.78 is 1.01. The fourth-order valence-electron chi connectivity index (χ4n) is 3.00. The van der Waals surface area contributed by atoms with Crippen LogP contribution in [0.15, 0.2) is 99.3 Å². The van der Waals surface area contributed by atoms with Gasteiger partial charge in [0.05, 0.1) is 10.6 Å². The number of hydrogen-bond donors (Lipinski definition) is 0. The highest BCUT2D eigenvalue weighted by Gasteiger charge is 2.33. The van der Waals surface area contributed by atoms with Crippen LogP contribution in [0.4, 0.5) is 5.69 Å². The third kappa shape index (κ3) is 5.05. The van der Waals surface area contributed by atoms with Gasteiger partial charge in [-0.1, -0.05) is 76.6 Å². The van der Waals surface area contributed by atoms with Crippen LogP contribution in [0.1, 0.15) is 11.1 Å². The SMILES string of the molecule is O=C1/C(=C\c2ccc(Br)cc2)SC(=Nc2ccccc2)N1CCc1ccccc1. The van der Waals surface area contributed by atoms with Gasteiger partial charge in [-0.15, -0.1) is 0 Å². The lowest BCUT2D eigenvalue weighted by Gasteiger charge is -2.15. The lowest BCUT2D eigenvalue weighted by atomic mass is 10.1. The van der Waals surface area contributed by atoms with Crippen LogP contribution in [0.3, 0.4) is 0 Å². The third-order valence-corrected chi connectivity index (χ3v) is 6.04. The number of amidine groups is 1. The zero-order valence-corrected chi connectivity index (χ0v) is 18.1. The Morgan fingerprint density at radius 2 is 1.55 bits per heavy atom. The second-order valence-electron chi connectivity index (χ2n) is 6.58. The summed E-state index contributed by atoms with van der Waals surface area (Å²) in [5, 5.41) is 0.723. The van der Waals surface area contributed by atoms with Gasteiger partial charge in [0.15, 0.2) is 5.17 Å². The lowest BCUT2D eigenvalue weighted by molar-refractivity contribution is -0.122. The van der Waals surface area contributed by atoms with Crippen LogP contribution < -0.4 is 0 Å². The van der Waals surface area contributed by atoms with Gasteiger partial charge >= 0.3 is 0 Å². The molecule has 0 N–H and O–H groups in total. The molecule has 1 saturated heterocycles. The first-order valence-electron chi connectivity index (χ1n) is 9.34. The molecule has 0 aliphatic carbocycles. The van der Waals surface area contributed by atoms with Crippen molar-refractivity contribution in [2.75, 3.05) is 6.54 Å². The zero-order valence-electron chi connectivity index (χ0n) is 15.7. The molecule has 29 heavy (non-hydrogen) atoms. The molecule has 144 valence electrons. The van der Waals surface area contributed by atoms with E-state index in [0.29, 0.717) is 11.4 Å². The average Bonchev–Trinajstić information content (AvgIpc) is 3.04. The summed E-state index contributed by atoms with van der Waals surface area (Å²) >= 11 is 4.88. The zero-order chi connectivity index (χ0) is 20.1. The number of carbonyl (C=O) groups is 1. The molecule has 3 aromatic rings. The minimum atomic E-state index is 0.00327. The molecular formula is C24H19BrN2OS. The van der Waals surface area contributed by atoms with E-state index in [1.807, 2.05) is 78.9 Å². The Kier molecular flexibility index (Phi) is 6.27. The molecule has 1 amide bonds. The highest BCUT2D eigenvalue weighted by Crippen LogP contribution is 2.34. The van der Waals surface area contributed by atoms with Crippen molar-refractivity contribution >= 4 is 50.5 Å². The Labute approximate surface area is 183 Å². The van der Waals surface area contributed by atoms with Gasteiger partial charge in [-0.25, -0.2) is 4.99 Å². The molecule has 1 aliphatic heterocycles. The third-order valence-electron chi connectivity index (χ3n) is 4.50. The minimum absolute atomic E-state index is 0.00327. The fraction of sp³-hybridized carbons (Fsp3) is 0.0833. The summed E-state index contributed by atoms with van der Waals surface area (Å²) in [4.78, 5) is 20.4. The molecule has 0 saturated carbocycles. The molecule has 3 aromatic carbocycles. The van der Waals surface area contributed by atoms with E-state index in [2.05, 4.69) is 28.1 Å². The fourth-order valence-corrected chi connectivity index (χ4v) is 4.29. The largest absolute Gasteiger partial charge is 0.286 e. The number of benzene rings is 3. The van der Waals surface area contributed by atoms with Crippen LogP contribution in [0, 0.1) is 0 Å². The predicted octanol–water partition coefficient (Wildman–Crippen LogP) is 6.30. The second-order valence-corrected chi connectivity index (χ2v) is 8.51. The quantitative estimate of drug-likeness (QED) is 0.417. The molecule has 3 nitrogen and oxygen atoms in total. The highest BCUT2D eigenvalue weighted by molar-refractivity contribution is 9.10. The summed E-state index contributed by atoms with van der Waals surface area (Å²) in [6.45, 7) is 0.596. The van der Waals surface area contributed by atoms with Gasteiger partial charge in [0.25, 0.3) is 5.91 Å². The van der Waals surface area contributed by atoms with Gasteiger partial charge < -0.3 is 0 Å². The number of amides is 1. The Bertz CT molecular complexity index is 1050. The topological polar surface area (TPSA) is 32.7 Å². The molecule has 0 bridgehead atoms. The lowest BCUT2D eigenvalue weighted by Crippen LogP contribution is -2.31. The molecule has 0 aromatic heterocycles. The van der Waals surface area contributed by atoms with Crippen molar-refractivity contribution in [2.45, 2.75) is 6.42 Å². The molecule has 0 atom stereocenters. The molecule has 5 heteroatoms. The minimum Gasteiger partial charge on any atom is -0.286 e. The van der Waals surface area contributed by atoms with E-state index >= 15 is 0 Å². The van der Waals surface area contributed by atoms with Gasteiger partial charge in [-0.05, 0) is 59.7 Å². The van der Waals surface area contributed by atoms with E-state index < -0.39 is 0 Å². The molecule has 1 fully saturated rings. The van der Waals surface area contributed by atoms with Gasteiger partial charge in [0.1, 0.15) is 0 Å². The maximum atomic E-state index is 13.1. The monoisotopic (exact) mass is 462 g/mol. The average molecular weight is 463 g/mol. The first-order chi connectivity index (χ1) is 14.2. The van der Waals surface area contributed by atoms with Crippen LogP contribution in [0.2, 0.25) is 0 Å². The smallest absolute Gasteiger partial charge is 0.266 e. The molecule has 0 spiro atoms. The summed E-state index contributed by atoms with van der Waals surface area (Å²) in [6, 6.07) is 27.9. The van der Waals surface area contributed by atoms with E-state index in [-0.39, 0.29) is 5.91 Å². The number of halogens is 1. The van der Waals surface area contributed by atoms with E-state index in [0.717, 1.165) is 27.3 Å². The maximum absolute atomic E-state index is 13.1. The Morgan fingerprint density at radius 3 is 2.24 bits per heavy atom. The van der Waals surface area contributed by atoms with Crippen molar-refractivity contribution in [2.24, 2.45) is 4.99 Å². The van der Waals surface area contributed by atoms with Crippen molar-refractivity contribution < 1.29 is 4.79 Å². The van der Waals surface area contributed by atoms with Crippen molar-refractivity contribution in [3.63, 3.8) is 0 Å². The number of nitrogens with zero attached hydrogens (tertiary/aromatic N) is 2. The Hall–Kier alpha value is -2.63. The number of para-hydroxylation sites is 1. The maximum Gasteiger partial charge on any atom is 0.266 e. The van der Waals surface area contributed by atoms with Crippen molar-refractivity contribution in [3.8, 4) is 0 Å². The van der Waals surface area contributed by atoms with E-state index in [1.54, 1.807) is 4.90 Å². The summed E-state index contributed by atoms with van der Waals surface area (Å²) in [7, 11) is 0. The Balaban J connectivity index is 1.62. The van der Waals surface area contributed by atoms with Crippen LogP contribution >= 0.6 is 27.7 Å². The van der Waals surface area contributed by atoms with Gasteiger partial charge in [0.2, 0.25) is 0 Å². The predicted molar refractivity (Wildman–Crippen MR) is 125 cm³/mol. The van der Waals surface area contributed by atoms with Gasteiger partial charge in [-0.3, -0.25) is 9.69 Å². The molecule has 1 aliphatic rings. The van der Waals surface area contributed by atoms with Gasteiger partial charge in [-0.2, -0.15) is 0 Å². The molecule has 4 rings (SSSR count). The normalized spacial score (nSPS) is 16.7. The molecule has 0 radical (unpaired) electrons. The number of carbonyl (C=O) groups excluding carboxylic acids is 1. The van der Waals surface area contributed by atoms with Crippen LogP contribution in [0.5, 0.6) is 0 Å². The summed E-state index contributed by atoms with van der Waals surface area (Å²) in [5.74, 6) is 0.00327. The molecular weight excluding hydrogens is 444 g/mol. The van der Waals surface area contributed by atoms with Crippen LogP contribution in [-0.4, -0.2) is 22.5 Å². The number of hydrogen-bond acceptors (Lipinski definition) is 3. The van der Waals surface area contributed by atoms with E-state index in [9.17, 15) is 4.79 Å². The number of thioether (sulfide) groups is 1. The number of rotatable bonds is 5. The molecule has 0 unspecified atom stereocenters. The Morgan fingerprint density at radius 1 is 0.897 bits per heavy atom. The van der Waals surface area contributed by atoms with Gasteiger partial charge in [0, 0.05) is 11.0 Å². The van der Waals surface area contributed by atoms with Crippen molar-refractivity contribution in [1.29, 1.82) is 0 Å². The van der Waals surface area contributed by atoms with Crippen LogP contribution in [-0.2, 0) is 11.2 Å². The van der Waals surface area contributed by atoms with E-state index in [1.165, 1.54) is 17.3 Å². The van der Waals surface area contributed by atoms with Crippen molar-refractivity contribution in [1.82, 2.24) is 4.90 Å².